The Balaban J connectivity index is 1.68. The first-order valence-electron chi connectivity index (χ1n) is 8.45. The van der Waals surface area contributed by atoms with Crippen molar-refractivity contribution < 1.29 is 13.6 Å². The SMILES string of the molecule is Cc1ccccc1C(C#N)N1CCN(C(=O)c2ccc(F)c(F)c2)CC1. The number of piperazine rings is 1. The topological polar surface area (TPSA) is 47.3 Å². The Labute approximate surface area is 151 Å². The number of halogens is 2. The summed E-state index contributed by atoms with van der Waals surface area (Å²) >= 11 is 0. The lowest BCUT2D eigenvalue weighted by Crippen LogP contribution is -2.49. The summed E-state index contributed by atoms with van der Waals surface area (Å²) in [6.07, 6.45) is 0. The van der Waals surface area contributed by atoms with E-state index in [0.717, 1.165) is 23.3 Å². The molecule has 0 saturated carbocycles. The fourth-order valence-electron chi connectivity index (χ4n) is 3.24. The van der Waals surface area contributed by atoms with E-state index in [-0.39, 0.29) is 17.5 Å². The molecule has 4 nitrogen and oxygen atoms in total. The van der Waals surface area contributed by atoms with Crippen LogP contribution in [0.25, 0.3) is 0 Å². The number of benzene rings is 2. The van der Waals surface area contributed by atoms with E-state index in [9.17, 15) is 18.8 Å². The van der Waals surface area contributed by atoms with E-state index in [1.54, 1.807) is 4.90 Å². The zero-order chi connectivity index (χ0) is 18.7. The normalized spacial score (nSPS) is 16.2. The van der Waals surface area contributed by atoms with Crippen LogP contribution in [-0.4, -0.2) is 41.9 Å². The van der Waals surface area contributed by atoms with Gasteiger partial charge in [-0.1, -0.05) is 24.3 Å². The first kappa shape index (κ1) is 18.0. The van der Waals surface area contributed by atoms with E-state index < -0.39 is 11.6 Å². The first-order valence-corrected chi connectivity index (χ1v) is 8.45. The number of amides is 1. The smallest absolute Gasteiger partial charge is 0.254 e. The zero-order valence-corrected chi connectivity index (χ0v) is 14.5. The Morgan fingerprint density at radius 1 is 1.08 bits per heavy atom. The molecular weight excluding hydrogens is 336 g/mol. The summed E-state index contributed by atoms with van der Waals surface area (Å²) in [5, 5.41) is 9.62. The fraction of sp³-hybridized carbons (Fsp3) is 0.300. The minimum absolute atomic E-state index is 0.132. The molecule has 1 unspecified atom stereocenters. The number of nitriles is 1. The molecule has 1 aliphatic heterocycles. The molecule has 1 aliphatic rings. The van der Waals surface area contributed by atoms with Gasteiger partial charge in [-0.25, -0.2) is 8.78 Å². The van der Waals surface area contributed by atoms with Crippen molar-refractivity contribution in [2.45, 2.75) is 13.0 Å². The second-order valence-corrected chi connectivity index (χ2v) is 6.35. The molecule has 0 bridgehead atoms. The highest BCUT2D eigenvalue weighted by Gasteiger charge is 2.28. The van der Waals surface area contributed by atoms with Gasteiger partial charge in [-0.15, -0.1) is 0 Å². The lowest BCUT2D eigenvalue weighted by molar-refractivity contribution is 0.0605. The van der Waals surface area contributed by atoms with E-state index in [1.807, 2.05) is 36.1 Å². The molecule has 26 heavy (non-hydrogen) atoms. The molecule has 6 heteroatoms. The molecule has 1 fully saturated rings. The van der Waals surface area contributed by atoms with Crippen molar-refractivity contribution >= 4 is 5.91 Å². The molecule has 0 N–H and O–H groups in total. The molecule has 134 valence electrons. The van der Waals surface area contributed by atoms with Crippen LogP contribution in [0, 0.1) is 29.9 Å². The monoisotopic (exact) mass is 355 g/mol. The van der Waals surface area contributed by atoms with E-state index in [2.05, 4.69) is 6.07 Å². The number of hydrogen-bond acceptors (Lipinski definition) is 3. The lowest BCUT2D eigenvalue weighted by Gasteiger charge is -2.37. The molecule has 1 saturated heterocycles. The van der Waals surface area contributed by atoms with Crippen LogP contribution >= 0.6 is 0 Å². The molecule has 2 aromatic rings. The molecule has 0 radical (unpaired) electrons. The van der Waals surface area contributed by atoms with Gasteiger partial charge in [-0.05, 0) is 36.2 Å². The number of nitrogens with zero attached hydrogens (tertiary/aromatic N) is 3. The predicted octanol–water partition coefficient (Wildman–Crippen LogP) is 3.30. The second-order valence-electron chi connectivity index (χ2n) is 6.35. The van der Waals surface area contributed by atoms with Crippen molar-refractivity contribution in [3.63, 3.8) is 0 Å². The van der Waals surface area contributed by atoms with Crippen molar-refractivity contribution in [2.75, 3.05) is 26.2 Å². The standard InChI is InChI=1S/C20H19F2N3O/c1-14-4-2-3-5-16(14)19(13-23)24-8-10-25(11-9-24)20(26)15-6-7-17(21)18(22)12-15/h2-7,12,19H,8-11H2,1H3. The summed E-state index contributed by atoms with van der Waals surface area (Å²) in [4.78, 5) is 16.1. The van der Waals surface area contributed by atoms with Gasteiger partial charge in [-0.3, -0.25) is 9.69 Å². The van der Waals surface area contributed by atoms with Gasteiger partial charge in [-0.2, -0.15) is 5.26 Å². The number of rotatable bonds is 3. The van der Waals surface area contributed by atoms with Gasteiger partial charge in [0.25, 0.3) is 5.91 Å². The average molecular weight is 355 g/mol. The van der Waals surface area contributed by atoms with Gasteiger partial charge < -0.3 is 4.90 Å². The number of carbonyl (C=O) groups is 1. The minimum atomic E-state index is -1.03. The molecule has 1 heterocycles. The molecule has 1 atom stereocenters. The fourth-order valence-corrected chi connectivity index (χ4v) is 3.24. The van der Waals surface area contributed by atoms with Crippen LogP contribution in [0.4, 0.5) is 8.78 Å². The van der Waals surface area contributed by atoms with Gasteiger partial charge >= 0.3 is 0 Å². The average Bonchev–Trinajstić information content (AvgIpc) is 2.66. The third-order valence-corrected chi connectivity index (χ3v) is 4.74. The van der Waals surface area contributed by atoms with Crippen molar-refractivity contribution in [3.05, 3.63) is 70.8 Å². The molecule has 0 aliphatic carbocycles. The quantitative estimate of drug-likeness (QED) is 0.849. The van der Waals surface area contributed by atoms with E-state index >= 15 is 0 Å². The number of aryl methyl sites for hydroxylation is 1. The van der Waals surface area contributed by atoms with Gasteiger partial charge in [0.15, 0.2) is 11.6 Å². The summed E-state index contributed by atoms with van der Waals surface area (Å²) in [5.41, 5.74) is 2.16. The molecule has 3 rings (SSSR count). The van der Waals surface area contributed by atoms with Gasteiger partial charge in [0.2, 0.25) is 0 Å². The maximum Gasteiger partial charge on any atom is 0.254 e. The van der Waals surface area contributed by atoms with Crippen LogP contribution in [0.2, 0.25) is 0 Å². The maximum absolute atomic E-state index is 13.4. The Morgan fingerprint density at radius 3 is 2.38 bits per heavy atom. The van der Waals surface area contributed by atoms with Gasteiger partial charge in [0.1, 0.15) is 6.04 Å². The summed E-state index contributed by atoms with van der Waals surface area (Å²) in [6.45, 7) is 3.93. The van der Waals surface area contributed by atoms with E-state index in [4.69, 9.17) is 0 Å². The van der Waals surface area contributed by atoms with Crippen LogP contribution in [0.5, 0.6) is 0 Å². The van der Waals surface area contributed by atoms with Gasteiger partial charge in [0.05, 0.1) is 6.07 Å². The minimum Gasteiger partial charge on any atom is -0.336 e. The van der Waals surface area contributed by atoms with Crippen LogP contribution in [0.15, 0.2) is 42.5 Å². The van der Waals surface area contributed by atoms with Crippen LogP contribution in [0.1, 0.15) is 27.5 Å². The summed E-state index contributed by atoms with van der Waals surface area (Å²) in [6, 6.07) is 12.9. The molecule has 0 spiro atoms. The lowest BCUT2D eigenvalue weighted by atomic mass is 10.0. The van der Waals surface area contributed by atoms with Crippen LogP contribution in [0.3, 0.4) is 0 Å². The van der Waals surface area contributed by atoms with Crippen LogP contribution in [-0.2, 0) is 0 Å². The Bertz CT molecular complexity index is 854. The van der Waals surface area contributed by atoms with Crippen molar-refractivity contribution in [1.82, 2.24) is 9.80 Å². The van der Waals surface area contributed by atoms with Crippen LogP contribution < -0.4 is 0 Å². The second kappa shape index (κ2) is 7.63. The molecule has 2 aromatic carbocycles. The Hall–Kier alpha value is -2.78. The highest BCUT2D eigenvalue weighted by Crippen LogP contribution is 2.24. The Kier molecular flexibility index (Phi) is 5.29. The molecule has 0 aromatic heterocycles. The van der Waals surface area contributed by atoms with Crippen molar-refractivity contribution in [1.29, 1.82) is 5.26 Å². The van der Waals surface area contributed by atoms with Crippen molar-refractivity contribution in [2.24, 2.45) is 0 Å². The van der Waals surface area contributed by atoms with E-state index in [1.165, 1.54) is 6.07 Å². The highest BCUT2D eigenvalue weighted by molar-refractivity contribution is 5.94. The number of carbonyl (C=O) groups excluding carboxylic acids is 1. The predicted molar refractivity (Wildman–Crippen MR) is 93.4 cm³/mol. The van der Waals surface area contributed by atoms with Gasteiger partial charge in [0, 0.05) is 31.7 Å². The first-order chi connectivity index (χ1) is 12.5. The Morgan fingerprint density at radius 2 is 1.77 bits per heavy atom. The largest absolute Gasteiger partial charge is 0.336 e. The number of hydrogen-bond donors (Lipinski definition) is 0. The third kappa shape index (κ3) is 3.58. The summed E-state index contributed by atoms with van der Waals surface area (Å²) in [5.74, 6) is -2.33. The molecular formula is C20H19F2N3O. The molecule has 1 amide bonds. The summed E-state index contributed by atoms with van der Waals surface area (Å²) in [7, 11) is 0. The van der Waals surface area contributed by atoms with Crippen molar-refractivity contribution in [3.8, 4) is 6.07 Å². The third-order valence-electron chi connectivity index (χ3n) is 4.74. The van der Waals surface area contributed by atoms with E-state index in [0.29, 0.717) is 26.2 Å². The zero-order valence-electron chi connectivity index (χ0n) is 14.5. The highest BCUT2D eigenvalue weighted by atomic mass is 19.2. The maximum atomic E-state index is 13.4. The summed E-state index contributed by atoms with van der Waals surface area (Å²) < 4.78 is 26.4.